The van der Waals surface area contributed by atoms with E-state index in [2.05, 4.69) is 15.0 Å². The maximum absolute atomic E-state index is 10.6. The highest BCUT2D eigenvalue weighted by Crippen LogP contribution is 2.01. The van der Waals surface area contributed by atoms with Crippen LogP contribution in [-0.2, 0) is 4.74 Å². The largest absolute Gasteiger partial charge is 0.453 e. The maximum atomic E-state index is 10.6. The minimum absolute atomic E-state index is 0.232. The lowest BCUT2D eigenvalue weighted by Gasteiger charge is -1.97. The van der Waals surface area contributed by atoms with Crippen molar-refractivity contribution in [1.29, 1.82) is 0 Å². The van der Waals surface area contributed by atoms with E-state index in [9.17, 15) is 9.59 Å². The van der Waals surface area contributed by atoms with Crippen molar-refractivity contribution in [3.05, 3.63) is 23.9 Å². The minimum Gasteiger partial charge on any atom is -0.453 e. The molecule has 80 valence electrons. The number of oxazole rings is 1. The van der Waals surface area contributed by atoms with E-state index in [-0.39, 0.29) is 5.69 Å². The van der Waals surface area contributed by atoms with Gasteiger partial charge in [0, 0.05) is 6.54 Å². The summed E-state index contributed by atoms with van der Waals surface area (Å²) in [6.45, 7) is 0.297. The van der Waals surface area contributed by atoms with Crippen LogP contribution in [-0.4, -0.2) is 31.0 Å². The van der Waals surface area contributed by atoms with Gasteiger partial charge in [-0.1, -0.05) is 6.08 Å². The van der Waals surface area contributed by atoms with Gasteiger partial charge in [-0.15, -0.1) is 0 Å². The molecule has 1 heterocycles. The summed E-state index contributed by atoms with van der Waals surface area (Å²) < 4.78 is 9.27. The van der Waals surface area contributed by atoms with E-state index in [0.717, 1.165) is 0 Å². The highest BCUT2D eigenvalue weighted by Gasteiger charge is 1.98. The Labute approximate surface area is 85.9 Å². The number of aldehydes is 1. The van der Waals surface area contributed by atoms with Crippen LogP contribution < -0.4 is 5.32 Å². The lowest BCUT2D eigenvalue weighted by atomic mass is 10.5. The molecule has 0 unspecified atom stereocenters. The Morgan fingerprint density at radius 3 is 3.13 bits per heavy atom. The minimum atomic E-state index is -0.513. The van der Waals surface area contributed by atoms with Gasteiger partial charge in [0.2, 0.25) is 5.89 Å². The third-order valence-corrected chi connectivity index (χ3v) is 1.47. The first-order valence-corrected chi connectivity index (χ1v) is 4.15. The molecule has 6 nitrogen and oxygen atoms in total. The first kappa shape index (κ1) is 11.0. The molecule has 1 N–H and O–H groups in total. The van der Waals surface area contributed by atoms with Crippen molar-refractivity contribution < 1.29 is 18.7 Å². The number of rotatable bonds is 4. The molecule has 0 aromatic carbocycles. The first-order chi connectivity index (χ1) is 7.26. The Balaban J connectivity index is 2.37. The zero-order valence-electron chi connectivity index (χ0n) is 8.10. The number of carbonyl (C=O) groups excluding carboxylic acids is 2. The number of hydrogen-bond acceptors (Lipinski definition) is 5. The Morgan fingerprint density at radius 2 is 2.53 bits per heavy atom. The predicted octanol–water partition coefficient (Wildman–Crippen LogP) is 0.856. The van der Waals surface area contributed by atoms with Gasteiger partial charge in [-0.3, -0.25) is 4.79 Å². The summed E-state index contributed by atoms with van der Waals surface area (Å²) in [6, 6.07) is 0. The van der Waals surface area contributed by atoms with E-state index in [0.29, 0.717) is 18.7 Å². The fraction of sp³-hybridized carbons (Fsp3) is 0.222. The number of carbonyl (C=O) groups is 2. The predicted molar refractivity (Wildman–Crippen MR) is 51.3 cm³/mol. The summed E-state index contributed by atoms with van der Waals surface area (Å²) in [4.78, 5) is 24.7. The zero-order valence-corrected chi connectivity index (χ0v) is 8.10. The monoisotopic (exact) mass is 210 g/mol. The van der Waals surface area contributed by atoms with Crippen molar-refractivity contribution >= 4 is 18.5 Å². The lowest BCUT2D eigenvalue weighted by Crippen LogP contribution is -2.22. The van der Waals surface area contributed by atoms with Crippen molar-refractivity contribution in [2.75, 3.05) is 13.7 Å². The first-order valence-electron chi connectivity index (χ1n) is 4.15. The summed E-state index contributed by atoms with van der Waals surface area (Å²) in [5.41, 5.74) is 0.232. The molecule has 0 aliphatic rings. The molecule has 1 amide bonds. The van der Waals surface area contributed by atoms with Crippen molar-refractivity contribution in [3.63, 3.8) is 0 Å². The molecule has 0 spiro atoms. The summed E-state index contributed by atoms with van der Waals surface area (Å²) in [5, 5.41) is 2.44. The summed E-state index contributed by atoms with van der Waals surface area (Å²) in [7, 11) is 1.28. The summed E-state index contributed by atoms with van der Waals surface area (Å²) in [5.74, 6) is 0.309. The molecule has 0 radical (unpaired) electrons. The molecule has 1 rings (SSSR count). The van der Waals surface area contributed by atoms with Crippen LogP contribution in [0.15, 0.2) is 16.8 Å². The number of amides is 1. The van der Waals surface area contributed by atoms with Crippen LogP contribution in [0.4, 0.5) is 4.79 Å². The fourth-order valence-electron chi connectivity index (χ4n) is 0.806. The van der Waals surface area contributed by atoms with E-state index in [1.54, 1.807) is 12.2 Å². The second-order valence-corrected chi connectivity index (χ2v) is 2.50. The number of nitrogens with zero attached hydrogens (tertiary/aromatic N) is 1. The van der Waals surface area contributed by atoms with Gasteiger partial charge >= 0.3 is 6.09 Å². The third kappa shape index (κ3) is 3.63. The van der Waals surface area contributed by atoms with Crippen LogP contribution in [0.5, 0.6) is 0 Å². The van der Waals surface area contributed by atoms with Crippen molar-refractivity contribution in [2.24, 2.45) is 0 Å². The molecule has 0 fully saturated rings. The van der Waals surface area contributed by atoms with Crippen LogP contribution in [0.2, 0.25) is 0 Å². The lowest BCUT2D eigenvalue weighted by molar-refractivity contribution is 0.111. The van der Waals surface area contributed by atoms with Crippen LogP contribution in [0, 0.1) is 0 Å². The van der Waals surface area contributed by atoms with E-state index in [4.69, 9.17) is 4.42 Å². The van der Waals surface area contributed by atoms with Gasteiger partial charge in [0.15, 0.2) is 6.29 Å². The SMILES string of the molecule is COC(=O)NC/C=C\c1nc(C=O)co1. The average Bonchev–Trinajstić information content (AvgIpc) is 2.72. The molecule has 0 aliphatic carbocycles. The molecule has 0 atom stereocenters. The molecule has 0 saturated carbocycles. The van der Waals surface area contributed by atoms with Crippen LogP contribution in [0.25, 0.3) is 6.08 Å². The summed E-state index contributed by atoms with van der Waals surface area (Å²) >= 11 is 0. The standard InChI is InChI=1S/C9H10N2O4/c1-14-9(13)10-4-2-3-8-11-7(5-12)6-15-8/h2-3,5-6H,4H2,1H3,(H,10,13)/b3-2-. The molecule has 0 saturated heterocycles. The Kier molecular flexibility index (Phi) is 4.08. The van der Waals surface area contributed by atoms with E-state index in [1.165, 1.54) is 13.4 Å². The number of hydrogen-bond donors (Lipinski definition) is 1. The number of alkyl carbamates (subject to hydrolysis) is 1. The zero-order chi connectivity index (χ0) is 11.1. The number of nitrogens with one attached hydrogen (secondary N) is 1. The van der Waals surface area contributed by atoms with Crippen LogP contribution >= 0.6 is 0 Å². The van der Waals surface area contributed by atoms with E-state index >= 15 is 0 Å². The highest BCUT2D eigenvalue weighted by atomic mass is 16.5. The van der Waals surface area contributed by atoms with Gasteiger partial charge in [0.25, 0.3) is 0 Å². The Bertz CT molecular complexity index is 370. The number of aromatic nitrogens is 1. The van der Waals surface area contributed by atoms with Gasteiger partial charge in [-0.25, -0.2) is 9.78 Å². The quantitative estimate of drug-likeness (QED) is 0.745. The van der Waals surface area contributed by atoms with Gasteiger partial charge in [0.1, 0.15) is 12.0 Å². The van der Waals surface area contributed by atoms with Crippen molar-refractivity contribution in [2.45, 2.75) is 0 Å². The second-order valence-electron chi connectivity index (χ2n) is 2.50. The molecule has 6 heteroatoms. The molecule has 15 heavy (non-hydrogen) atoms. The fourth-order valence-corrected chi connectivity index (χ4v) is 0.806. The molecule has 1 aromatic rings. The van der Waals surface area contributed by atoms with Crippen LogP contribution in [0.3, 0.4) is 0 Å². The van der Waals surface area contributed by atoms with Gasteiger partial charge in [-0.2, -0.15) is 0 Å². The normalized spacial score (nSPS) is 10.2. The van der Waals surface area contributed by atoms with Crippen molar-refractivity contribution in [3.8, 4) is 0 Å². The Morgan fingerprint density at radius 1 is 1.73 bits per heavy atom. The molecular weight excluding hydrogens is 200 g/mol. The average molecular weight is 210 g/mol. The topological polar surface area (TPSA) is 81.4 Å². The van der Waals surface area contributed by atoms with Gasteiger partial charge in [0.05, 0.1) is 7.11 Å². The van der Waals surface area contributed by atoms with Gasteiger partial charge in [-0.05, 0) is 6.08 Å². The smallest absolute Gasteiger partial charge is 0.407 e. The number of methoxy groups -OCH3 is 1. The second kappa shape index (κ2) is 5.58. The van der Waals surface area contributed by atoms with Gasteiger partial charge < -0.3 is 14.5 Å². The molecule has 0 bridgehead atoms. The Hall–Kier alpha value is -2.11. The van der Waals surface area contributed by atoms with Crippen molar-refractivity contribution in [1.82, 2.24) is 10.3 Å². The van der Waals surface area contributed by atoms with Crippen LogP contribution in [0.1, 0.15) is 16.4 Å². The third-order valence-electron chi connectivity index (χ3n) is 1.47. The highest BCUT2D eigenvalue weighted by molar-refractivity contribution is 5.71. The molecule has 0 aliphatic heterocycles. The molecular formula is C9H10N2O4. The maximum Gasteiger partial charge on any atom is 0.407 e. The van der Waals surface area contributed by atoms with E-state index in [1.807, 2.05) is 0 Å². The molecule has 1 aromatic heterocycles. The number of ether oxygens (including phenoxy) is 1. The summed E-state index contributed by atoms with van der Waals surface area (Å²) in [6.07, 6.45) is 4.49. The van der Waals surface area contributed by atoms with E-state index < -0.39 is 6.09 Å².